The van der Waals surface area contributed by atoms with E-state index < -0.39 is 0 Å². The number of halogens is 1. The molecule has 2 rings (SSSR count). The SMILES string of the molecule is CCc1nncn1CCNC(=NC)NCCc1ccc(Cl)s1. The molecule has 0 atom stereocenters. The number of hydrogen-bond donors (Lipinski definition) is 2. The Morgan fingerprint density at radius 2 is 2.18 bits per heavy atom. The molecule has 0 aromatic carbocycles. The molecule has 2 N–H and O–H groups in total. The molecule has 2 aromatic heterocycles. The second kappa shape index (κ2) is 8.75. The molecule has 6 nitrogen and oxygen atoms in total. The zero-order valence-corrected chi connectivity index (χ0v) is 14.4. The maximum absolute atomic E-state index is 5.92. The summed E-state index contributed by atoms with van der Waals surface area (Å²) < 4.78 is 2.88. The third-order valence-electron chi connectivity index (χ3n) is 3.17. The normalized spacial score (nSPS) is 11.7. The first-order chi connectivity index (χ1) is 10.7. The Morgan fingerprint density at radius 3 is 2.86 bits per heavy atom. The molecule has 0 aliphatic rings. The molecule has 0 unspecified atom stereocenters. The zero-order chi connectivity index (χ0) is 15.8. The van der Waals surface area contributed by atoms with E-state index in [4.69, 9.17) is 11.6 Å². The molecular weight excluding hydrogens is 320 g/mol. The van der Waals surface area contributed by atoms with E-state index in [-0.39, 0.29) is 0 Å². The minimum absolute atomic E-state index is 0.773. The Kier molecular flexibility index (Phi) is 6.67. The number of aliphatic imine (C=N–C) groups is 1. The number of nitrogens with zero attached hydrogens (tertiary/aromatic N) is 4. The fourth-order valence-corrected chi connectivity index (χ4v) is 3.13. The fraction of sp³-hybridized carbons (Fsp3) is 0.500. The molecule has 2 aromatic rings. The van der Waals surface area contributed by atoms with Gasteiger partial charge in [0.15, 0.2) is 5.96 Å². The van der Waals surface area contributed by atoms with E-state index in [1.165, 1.54) is 4.88 Å². The Morgan fingerprint density at radius 1 is 1.36 bits per heavy atom. The van der Waals surface area contributed by atoms with Crippen LogP contribution in [-0.4, -0.2) is 40.9 Å². The van der Waals surface area contributed by atoms with E-state index in [0.717, 1.165) is 48.6 Å². The van der Waals surface area contributed by atoms with Crippen molar-refractivity contribution < 1.29 is 0 Å². The highest BCUT2D eigenvalue weighted by atomic mass is 35.5. The Labute approximate surface area is 139 Å². The Bertz CT molecular complexity index is 606. The van der Waals surface area contributed by atoms with Crippen molar-refractivity contribution in [3.8, 4) is 0 Å². The molecule has 0 saturated carbocycles. The van der Waals surface area contributed by atoms with Crippen LogP contribution in [0.2, 0.25) is 4.34 Å². The first kappa shape index (κ1) is 16.8. The van der Waals surface area contributed by atoms with Crippen LogP contribution in [0.4, 0.5) is 0 Å². The summed E-state index contributed by atoms with van der Waals surface area (Å²) in [4.78, 5) is 5.49. The van der Waals surface area contributed by atoms with Crippen molar-refractivity contribution in [3.05, 3.63) is 33.5 Å². The Hall–Kier alpha value is -1.60. The summed E-state index contributed by atoms with van der Waals surface area (Å²) in [5.74, 6) is 1.80. The van der Waals surface area contributed by atoms with Gasteiger partial charge in [-0.15, -0.1) is 21.5 Å². The predicted octanol–water partition coefficient (Wildman–Crippen LogP) is 1.96. The van der Waals surface area contributed by atoms with E-state index in [1.807, 2.05) is 10.6 Å². The van der Waals surface area contributed by atoms with Crippen LogP contribution >= 0.6 is 22.9 Å². The van der Waals surface area contributed by atoms with Crippen LogP contribution in [0.25, 0.3) is 0 Å². The summed E-state index contributed by atoms with van der Waals surface area (Å²) in [6, 6.07) is 3.99. The van der Waals surface area contributed by atoms with Crippen LogP contribution in [0.15, 0.2) is 23.5 Å². The van der Waals surface area contributed by atoms with Gasteiger partial charge in [0.2, 0.25) is 0 Å². The smallest absolute Gasteiger partial charge is 0.191 e. The van der Waals surface area contributed by atoms with Crippen LogP contribution < -0.4 is 10.6 Å². The predicted molar refractivity (Wildman–Crippen MR) is 91.8 cm³/mol. The summed E-state index contributed by atoms with van der Waals surface area (Å²) in [6.07, 6.45) is 3.58. The van der Waals surface area contributed by atoms with Crippen molar-refractivity contribution >= 4 is 28.9 Å². The quantitative estimate of drug-likeness (QED) is 0.597. The van der Waals surface area contributed by atoms with Gasteiger partial charge in [-0.3, -0.25) is 4.99 Å². The van der Waals surface area contributed by atoms with Gasteiger partial charge in [-0.2, -0.15) is 0 Å². The van der Waals surface area contributed by atoms with Gasteiger partial charge in [0, 0.05) is 38.0 Å². The van der Waals surface area contributed by atoms with Crippen molar-refractivity contribution in [1.29, 1.82) is 0 Å². The molecule has 0 amide bonds. The van der Waals surface area contributed by atoms with E-state index in [0.29, 0.717) is 0 Å². The van der Waals surface area contributed by atoms with Crippen LogP contribution in [0, 0.1) is 0 Å². The van der Waals surface area contributed by atoms with Gasteiger partial charge in [-0.1, -0.05) is 18.5 Å². The Balaban J connectivity index is 1.69. The van der Waals surface area contributed by atoms with Crippen LogP contribution in [-0.2, 0) is 19.4 Å². The lowest BCUT2D eigenvalue weighted by molar-refractivity contribution is 0.632. The van der Waals surface area contributed by atoms with E-state index in [2.05, 4.69) is 38.8 Å². The number of aryl methyl sites for hydroxylation is 1. The fourth-order valence-electron chi connectivity index (χ4n) is 2.05. The van der Waals surface area contributed by atoms with Crippen LogP contribution in [0.5, 0.6) is 0 Å². The highest BCUT2D eigenvalue weighted by Crippen LogP contribution is 2.21. The summed E-state index contributed by atoms with van der Waals surface area (Å²) in [5.41, 5.74) is 0. The van der Waals surface area contributed by atoms with Gasteiger partial charge in [-0.25, -0.2) is 0 Å². The van der Waals surface area contributed by atoms with Gasteiger partial charge in [0.1, 0.15) is 12.2 Å². The lowest BCUT2D eigenvalue weighted by Gasteiger charge is -2.12. The molecule has 0 bridgehead atoms. The van der Waals surface area contributed by atoms with Crippen LogP contribution in [0.3, 0.4) is 0 Å². The van der Waals surface area contributed by atoms with Gasteiger partial charge in [0.05, 0.1) is 4.34 Å². The highest BCUT2D eigenvalue weighted by Gasteiger charge is 2.03. The standard InChI is InChI=1S/C14H21ClN6S/c1-3-13-20-19-10-21(13)9-8-18-14(16-2)17-7-6-11-4-5-12(15)22-11/h4-5,10H,3,6-9H2,1-2H3,(H2,16,17,18). The lowest BCUT2D eigenvalue weighted by Crippen LogP contribution is -2.39. The zero-order valence-electron chi connectivity index (χ0n) is 12.8. The summed E-state index contributed by atoms with van der Waals surface area (Å²) in [5, 5.41) is 14.6. The van der Waals surface area contributed by atoms with Gasteiger partial charge < -0.3 is 15.2 Å². The minimum Gasteiger partial charge on any atom is -0.356 e. The third-order valence-corrected chi connectivity index (χ3v) is 4.46. The molecule has 120 valence electrons. The molecule has 2 heterocycles. The van der Waals surface area contributed by atoms with Crippen LogP contribution in [0.1, 0.15) is 17.6 Å². The van der Waals surface area contributed by atoms with Gasteiger partial charge in [-0.05, 0) is 18.6 Å². The number of hydrogen-bond acceptors (Lipinski definition) is 4. The maximum Gasteiger partial charge on any atom is 0.191 e. The summed E-state index contributed by atoms with van der Waals surface area (Å²) in [6.45, 7) is 4.49. The number of rotatable bonds is 7. The minimum atomic E-state index is 0.773. The second-order valence-corrected chi connectivity index (χ2v) is 6.48. The summed E-state index contributed by atoms with van der Waals surface area (Å²) >= 11 is 7.54. The first-order valence-corrected chi connectivity index (χ1v) is 8.47. The topological polar surface area (TPSA) is 67.1 Å². The van der Waals surface area contributed by atoms with Gasteiger partial charge >= 0.3 is 0 Å². The highest BCUT2D eigenvalue weighted by molar-refractivity contribution is 7.16. The van der Waals surface area contributed by atoms with Crippen molar-refractivity contribution in [2.24, 2.45) is 4.99 Å². The largest absolute Gasteiger partial charge is 0.356 e. The van der Waals surface area contributed by atoms with E-state index >= 15 is 0 Å². The number of thiophene rings is 1. The molecule has 0 fully saturated rings. The molecule has 0 spiro atoms. The maximum atomic E-state index is 5.92. The van der Waals surface area contributed by atoms with E-state index in [1.54, 1.807) is 24.7 Å². The lowest BCUT2D eigenvalue weighted by atomic mass is 10.3. The molecule has 22 heavy (non-hydrogen) atoms. The molecular formula is C14H21ClN6S. The number of aromatic nitrogens is 3. The van der Waals surface area contributed by atoms with Crippen molar-refractivity contribution in [3.63, 3.8) is 0 Å². The van der Waals surface area contributed by atoms with Gasteiger partial charge in [0.25, 0.3) is 0 Å². The first-order valence-electron chi connectivity index (χ1n) is 7.28. The third kappa shape index (κ3) is 4.99. The molecule has 0 radical (unpaired) electrons. The van der Waals surface area contributed by atoms with Crippen molar-refractivity contribution in [1.82, 2.24) is 25.4 Å². The van der Waals surface area contributed by atoms with Crippen molar-refractivity contribution in [2.75, 3.05) is 20.1 Å². The monoisotopic (exact) mass is 340 g/mol. The number of nitrogens with one attached hydrogen (secondary N) is 2. The molecule has 0 saturated heterocycles. The average molecular weight is 341 g/mol. The van der Waals surface area contributed by atoms with Crippen molar-refractivity contribution in [2.45, 2.75) is 26.3 Å². The molecule has 0 aliphatic carbocycles. The molecule has 8 heteroatoms. The molecule has 0 aliphatic heterocycles. The van der Waals surface area contributed by atoms with E-state index in [9.17, 15) is 0 Å². The summed E-state index contributed by atoms with van der Waals surface area (Å²) in [7, 11) is 1.77. The number of guanidine groups is 1. The average Bonchev–Trinajstić information content (AvgIpc) is 3.14. The second-order valence-electron chi connectivity index (χ2n) is 4.68.